The number of imidazole rings is 1. The van der Waals surface area contributed by atoms with Crippen molar-refractivity contribution in [2.24, 2.45) is 0 Å². The Bertz CT molecular complexity index is 368. The van der Waals surface area contributed by atoms with Crippen molar-refractivity contribution in [2.45, 2.75) is 6.82 Å². The fourth-order valence-corrected chi connectivity index (χ4v) is 1.04. The minimum Gasteiger partial charge on any atom is -0.292 e. The lowest BCUT2D eigenvalue weighted by Crippen LogP contribution is -2.13. The molecule has 0 saturated carbocycles. The van der Waals surface area contributed by atoms with E-state index in [1.165, 1.54) is 5.46 Å². The molecule has 0 spiro atoms. The molecule has 0 aromatic carbocycles. The van der Waals surface area contributed by atoms with E-state index in [-0.39, 0.29) is 0 Å². The van der Waals surface area contributed by atoms with E-state index in [9.17, 15) is 0 Å². The van der Waals surface area contributed by atoms with Crippen LogP contribution in [0, 0.1) is 0 Å². The molecule has 0 atom stereocenters. The standard InChI is InChI=1S/C7H8BN3/c1-8-6-4-10-7-9-2-3-11(7)5-6/h2-5,8H,1H3. The van der Waals surface area contributed by atoms with Gasteiger partial charge < -0.3 is 0 Å². The molecule has 0 fully saturated rings. The van der Waals surface area contributed by atoms with Crippen molar-refractivity contribution in [2.75, 3.05) is 0 Å². The summed E-state index contributed by atoms with van der Waals surface area (Å²) in [5.41, 5.74) is 1.23. The number of hydrogen-bond donors (Lipinski definition) is 0. The average Bonchev–Trinajstić information content (AvgIpc) is 2.50. The van der Waals surface area contributed by atoms with Gasteiger partial charge in [0, 0.05) is 24.8 Å². The van der Waals surface area contributed by atoms with E-state index < -0.39 is 0 Å². The number of fused-ring (bicyclic) bond motifs is 1. The second kappa shape index (κ2) is 2.38. The summed E-state index contributed by atoms with van der Waals surface area (Å²) in [7, 11) is 1.02. The summed E-state index contributed by atoms with van der Waals surface area (Å²) < 4.78 is 1.93. The first-order valence-corrected chi connectivity index (χ1v) is 3.67. The zero-order chi connectivity index (χ0) is 7.68. The summed E-state index contributed by atoms with van der Waals surface area (Å²) in [6.45, 7) is 2.11. The molecule has 2 rings (SSSR count). The van der Waals surface area contributed by atoms with E-state index in [0.717, 1.165) is 13.1 Å². The third-order valence-electron chi connectivity index (χ3n) is 1.71. The fourth-order valence-electron chi connectivity index (χ4n) is 1.04. The molecule has 0 aliphatic rings. The molecule has 0 aliphatic heterocycles. The van der Waals surface area contributed by atoms with Crippen LogP contribution in [0.15, 0.2) is 24.8 Å². The highest BCUT2D eigenvalue weighted by atomic mass is 15.1. The van der Waals surface area contributed by atoms with Gasteiger partial charge in [0.1, 0.15) is 0 Å². The topological polar surface area (TPSA) is 30.2 Å². The van der Waals surface area contributed by atoms with Gasteiger partial charge in [-0.25, -0.2) is 9.97 Å². The highest BCUT2D eigenvalue weighted by Crippen LogP contribution is 1.91. The molecule has 54 valence electrons. The quantitative estimate of drug-likeness (QED) is 0.522. The van der Waals surface area contributed by atoms with Crippen molar-refractivity contribution in [3.63, 3.8) is 0 Å². The van der Waals surface area contributed by atoms with Gasteiger partial charge >= 0.3 is 0 Å². The summed E-state index contributed by atoms with van der Waals surface area (Å²) in [5, 5.41) is 0. The monoisotopic (exact) mass is 145 g/mol. The molecule has 0 bridgehead atoms. The zero-order valence-corrected chi connectivity index (χ0v) is 6.36. The van der Waals surface area contributed by atoms with Crippen LogP contribution in [0.25, 0.3) is 5.78 Å². The average molecular weight is 145 g/mol. The second-order valence-corrected chi connectivity index (χ2v) is 2.45. The number of nitrogens with zero attached hydrogens (tertiary/aromatic N) is 3. The zero-order valence-electron chi connectivity index (χ0n) is 6.36. The van der Waals surface area contributed by atoms with E-state index in [1.807, 2.05) is 16.8 Å². The number of aromatic nitrogens is 3. The van der Waals surface area contributed by atoms with Gasteiger partial charge in [0.05, 0.1) is 0 Å². The van der Waals surface area contributed by atoms with Crippen LogP contribution in [0.4, 0.5) is 0 Å². The molecule has 4 heteroatoms. The predicted octanol–water partition coefficient (Wildman–Crippen LogP) is -0.161. The molecular formula is C7H8BN3. The van der Waals surface area contributed by atoms with Crippen molar-refractivity contribution >= 4 is 18.5 Å². The van der Waals surface area contributed by atoms with Crippen molar-refractivity contribution in [1.82, 2.24) is 14.4 Å². The minimum absolute atomic E-state index is 0.766. The molecule has 0 amide bonds. The molecule has 2 aromatic rings. The fraction of sp³-hybridized carbons (Fsp3) is 0.143. The smallest absolute Gasteiger partial charge is 0.233 e. The SMILES string of the molecule is CBc1cnc2nccn2c1. The molecule has 0 N–H and O–H groups in total. The lowest BCUT2D eigenvalue weighted by atomic mass is 9.75. The second-order valence-electron chi connectivity index (χ2n) is 2.45. The van der Waals surface area contributed by atoms with Crippen molar-refractivity contribution in [3.05, 3.63) is 24.8 Å². The maximum absolute atomic E-state index is 4.16. The largest absolute Gasteiger partial charge is 0.292 e. The van der Waals surface area contributed by atoms with Crippen LogP contribution in [0.3, 0.4) is 0 Å². The van der Waals surface area contributed by atoms with Crippen LogP contribution in [0.5, 0.6) is 0 Å². The highest BCUT2D eigenvalue weighted by Gasteiger charge is 1.95. The first-order chi connectivity index (χ1) is 5.40. The lowest BCUT2D eigenvalue weighted by molar-refractivity contribution is 1.12. The van der Waals surface area contributed by atoms with Gasteiger partial charge in [0.25, 0.3) is 0 Å². The molecule has 2 aromatic heterocycles. The molecule has 2 heterocycles. The number of rotatable bonds is 1. The van der Waals surface area contributed by atoms with Gasteiger partial charge in [-0.05, 0) is 0 Å². The lowest BCUT2D eigenvalue weighted by Gasteiger charge is -1.94. The number of hydrogen-bond acceptors (Lipinski definition) is 2. The molecule has 0 saturated heterocycles. The Morgan fingerprint density at radius 2 is 2.36 bits per heavy atom. The Labute approximate surface area is 65.3 Å². The summed E-state index contributed by atoms with van der Waals surface area (Å²) in [6, 6.07) is 0. The first kappa shape index (κ1) is 6.40. The molecular weight excluding hydrogens is 137 g/mol. The summed E-state index contributed by atoms with van der Waals surface area (Å²) in [6.07, 6.45) is 7.57. The predicted molar refractivity (Wildman–Crippen MR) is 45.6 cm³/mol. The minimum atomic E-state index is 0.766. The van der Waals surface area contributed by atoms with Gasteiger partial charge in [-0.3, -0.25) is 4.40 Å². The maximum Gasteiger partial charge on any atom is 0.233 e. The van der Waals surface area contributed by atoms with Gasteiger partial charge in [0.15, 0.2) is 7.28 Å². The van der Waals surface area contributed by atoms with Gasteiger partial charge in [-0.1, -0.05) is 12.3 Å². The van der Waals surface area contributed by atoms with E-state index in [2.05, 4.69) is 23.0 Å². The van der Waals surface area contributed by atoms with Crippen molar-refractivity contribution in [1.29, 1.82) is 0 Å². The van der Waals surface area contributed by atoms with Gasteiger partial charge in [0.2, 0.25) is 5.78 Å². The van der Waals surface area contributed by atoms with Crippen molar-refractivity contribution in [3.8, 4) is 0 Å². The maximum atomic E-state index is 4.16. The molecule has 3 nitrogen and oxygen atoms in total. The van der Waals surface area contributed by atoms with E-state index >= 15 is 0 Å². The normalized spacial score (nSPS) is 10.3. The van der Waals surface area contributed by atoms with Gasteiger partial charge in [-0.2, -0.15) is 0 Å². The molecule has 0 aliphatic carbocycles. The van der Waals surface area contributed by atoms with Crippen LogP contribution >= 0.6 is 0 Å². The van der Waals surface area contributed by atoms with Crippen LogP contribution in [0.2, 0.25) is 6.82 Å². The molecule has 0 radical (unpaired) electrons. The van der Waals surface area contributed by atoms with E-state index in [0.29, 0.717) is 0 Å². The van der Waals surface area contributed by atoms with E-state index in [1.54, 1.807) is 6.20 Å². The van der Waals surface area contributed by atoms with Crippen LogP contribution in [0.1, 0.15) is 0 Å². The van der Waals surface area contributed by atoms with Crippen LogP contribution in [-0.4, -0.2) is 21.6 Å². The third kappa shape index (κ3) is 1.00. The Kier molecular flexibility index (Phi) is 1.38. The molecule has 11 heavy (non-hydrogen) atoms. The Morgan fingerprint density at radius 3 is 3.18 bits per heavy atom. The third-order valence-corrected chi connectivity index (χ3v) is 1.71. The Hall–Kier alpha value is -1.32. The van der Waals surface area contributed by atoms with Crippen LogP contribution < -0.4 is 5.46 Å². The van der Waals surface area contributed by atoms with Crippen molar-refractivity contribution < 1.29 is 0 Å². The Morgan fingerprint density at radius 1 is 1.45 bits per heavy atom. The van der Waals surface area contributed by atoms with Gasteiger partial charge in [-0.15, -0.1) is 0 Å². The summed E-state index contributed by atoms with van der Waals surface area (Å²) >= 11 is 0. The first-order valence-electron chi connectivity index (χ1n) is 3.67. The van der Waals surface area contributed by atoms with E-state index in [4.69, 9.17) is 0 Å². The molecule has 0 unspecified atom stereocenters. The highest BCUT2D eigenvalue weighted by molar-refractivity contribution is 6.51. The van der Waals surface area contributed by atoms with Crippen LogP contribution in [-0.2, 0) is 0 Å². The summed E-state index contributed by atoms with van der Waals surface area (Å²) in [5.74, 6) is 0.766. The Balaban J connectivity index is 2.67. The summed E-state index contributed by atoms with van der Waals surface area (Å²) in [4.78, 5) is 8.21.